The zero-order valence-electron chi connectivity index (χ0n) is 16.2. The fraction of sp³-hybridized carbons (Fsp3) is 0.364. The fourth-order valence-electron chi connectivity index (χ4n) is 3.91. The van der Waals surface area contributed by atoms with Gasteiger partial charge in [0.15, 0.2) is 11.5 Å². The number of rotatable bonds is 7. The van der Waals surface area contributed by atoms with Gasteiger partial charge in [0.05, 0.1) is 30.6 Å². The molecule has 7 nitrogen and oxygen atoms in total. The average molecular weight is 397 g/mol. The summed E-state index contributed by atoms with van der Waals surface area (Å²) in [5.74, 6) is -0.934. The quantitative estimate of drug-likeness (QED) is 0.720. The van der Waals surface area contributed by atoms with E-state index >= 15 is 0 Å². The zero-order chi connectivity index (χ0) is 20.4. The highest BCUT2D eigenvalue weighted by Gasteiger charge is 2.45. The Labute approximate surface area is 168 Å². The van der Waals surface area contributed by atoms with Gasteiger partial charge in [-0.15, -0.1) is 0 Å². The van der Waals surface area contributed by atoms with Gasteiger partial charge in [-0.3, -0.25) is 9.59 Å². The first-order chi connectivity index (χ1) is 14.1. The number of furan rings is 1. The molecule has 0 spiro atoms. The molecule has 0 aliphatic carbocycles. The molecule has 4 rings (SSSR count). The molecule has 152 valence electrons. The van der Waals surface area contributed by atoms with Crippen LogP contribution in [0.4, 0.5) is 0 Å². The van der Waals surface area contributed by atoms with Crippen molar-refractivity contribution in [1.29, 1.82) is 0 Å². The summed E-state index contributed by atoms with van der Waals surface area (Å²) in [5.41, 5.74) is 0.692. The van der Waals surface area contributed by atoms with Gasteiger partial charge in [-0.05, 0) is 49.6 Å². The first-order valence-corrected chi connectivity index (χ1v) is 9.76. The monoisotopic (exact) mass is 397 g/mol. The maximum Gasteiger partial charge on any atom is 0.290 e. The van der Waals surface area contributed by atoms with Crippen molar-refractivity contribution >= 4 is 11.7 Å². The molecule has 2 aliphatic heterocycles. The van der Waals surface area contributed by atoms with E-state index < -0.39 is 23.5 Å². The van der Waals surface area contributed by atoms with E-state index in [2.05, 4.69) is 0 Å². The largest absolute Gasteiger partial charge is 0.503 e. The number of hydrogen-bond acceptors (Lipinski definition) is 6. The summed E-state index contributed by atoms with van der Waals surface area (Å²) >= 11 is 0. The highest BCUT2D eigenvalue weighted by atomic mass is 16.5. The molecule has 1 aromatic heterocycles. The summed E-state index contributed by atoms with van der Waals surface area (Å²) < 4.78 is 16.5. The first-order valence-electron chi connectivity index (χ1n) is 9.76. The maximum atomic E-state index is 13.1. The highest BCUT2D eigenvalue weighted by Crippen LogP contribution is 2.40. The van der Waals surface area contributed by atoms with E-state index in [1.165, 1.54) is 17.2 Å². The van der Waals surface area contributed by atoms with Gasteiger partial charge in [-0.2, -0.15) is 0 Å². The Hall–Kier alpha value is -3.06. The summed E-state index contributed by atoms with van der Waals surface area (Å²) in [6, 6.07) is 9.59. The third kappa shape index (κ3) is 3.65. The minimum Gasteiger partial charge on any atom is -0.503 e. The van der Waals surface area contributed by atoms with Crippen LogP contribution < -0.4 is 4.74 Å². The van der Waals surface area contributed by atoms with Crippen LogP contribution in [0.25, 0.3) is 0 Å². The van der Waals surface area contributed by atoms with Crippen LogP contribution in [-0.4, -0.2) is 47.6 Å². The Morgan fingerprint density at radius 1 is 1.31 bits per heavy atom. The van der Waals surface area contributed by atoms with Crippen molar-refractivity contribution in [2.45, 2.75) is 31.9 Å². The summed E-state index contributed by atoms with van der Waals surface area (Å²) in [6.07, 6.45) is 3.02. The summed E-state index contributed by atoms with van der Waals surface area (Å²) in [7, 11) is 0. The van der Waals surface area contributed by atoms with Gasteiger partial charge in [-0.25, -0.2) is 0 Å². The van der Waals surface area contributed by atoms with Crippen molar-refractivity contribution in [3.63, 3.8) is 0 Å². The SMILES string of the molecule is CCOc1cccc(C2C(C(=O)c3ccco3)=C(O)C(=O)N2CC2CCCO2)c1. The molecule has 0 saturated carbocycles. The van der Waals surface area contributed by atoms with E-state index in [0.29, 0.717) is 31.1 Å². The summed E-state index contributed by atoms with van der Waals surface area (Å²) in [5, 5.41) is 10.6. The first kappa shape index (κ1) is 19.3. The van der Waals surface area contributed by atoms with E-state index in [1.54, 1.807) is 18.2 Å². The van der Waals surface area contributed by atoms with Crippen LogP contribution in [0.2, 0.25) is 0 Å². The molecule has 3 heterocycles. The van der Waals surface area contributed by atoms with Crippen LogP contribution >= 0.6 is 0 Å². The second-order valence-electron chi connectivity index (χ2n) is 7.07. The van der Waals surface area contributed by atoms with Crippen LogP contribution in [0.15, 0.2) is 58.4 Å². The third-order valence-corrected chi connectivity index (χ3v) is 5.20. The number of benzene rings is 1. The smallest absolute Gasteiger partial charge is 0.290 e. The number of carbonyl (C=O) groups excluding carboxylic acids is 2. The molecular weight excluding hydrogens is 374 g/mol. The highest BCUT2D eigenvalue weighted by molar-refractivity contribution is 6.15. The van der Waals surface area contributed by atoms with Crippen LogP contribution in [-0.2, 0) is 9.53 Å². The van der Waals surface area contributed by atoms with Gasteiger partial charge in [0.25, 0.3) is 5.91 Å². The average Bonchev–Trinajstić information content (AvgIpc) is 3.47. The molecule has 0 bridgehead atoms. The number of amides is 1. The second-order valence-corrected chi connectivity index (χ2v) is 7.07. The lowest BCUT2D eigenvalue weighted by molar-refractivity contribution is -0.131. The fourth-order valence-corrected chi connectivity index (χ4v) is 3.91. The summed E-state index contributed by atoms with van der Waals surface area (Å²) in [4.78, 5) is 27.5. The van der Waals surface area contributed by atoms with Gasteiger partial charge >= 0.3 is 0 Å². The Morgan fingerprint density at radius 2 is 2.17 bits per heavy atom. The minimum atomic E-state index is -0.746. The van der Waals surface area contributed by atoms with Crippen molar-refractivity contribution in [3.05, 3.63) is 65.3 Å². The second kappa shape index (κ2) is 8.13. The number of hydrogen-bond donors (Lipinski definition) is 1. The summed E-state index contributed by atoms with van der Waals surface area (Å²) in [6.45, 7) is 3.31. The molecule has 2 aromatic rings. The Balaban J connectivity index is 1.75. The molecule has 1 N–H and O–H groups in total. The van der Waals surface area contributed by atoms with Gasteiger partial charge < -0.3 is 23.9 Å². The minimum absolute atomic E-state index is 0.0107. The number of nitrogens with zero attached hydrogens (tertiary/aromatic N) is 1. The zero-order valence-corrected chi connectivity index (χ0v) is 16.2. The van der Waals surface area contributed by atoms with E-state index in [0.717, 1.165) is 12.8 Å². The Kier molecular flexibility index (Phi) is 5.40. The Bertz CT molecular complexity index is 927. The van der Waals surface area contributed by atoms with E-state index in [1.807, 2.05) is 19.1 Å². The van der Waals surface area contributed by atoms with E-state index in [4.69, 9.17) is 13.9 Å². The molecule has 0 radical (unpaired) electrons. The molecule has 2 unspecified atom stereocenters. The van der Waals surface area contributed by atoms with Gasteiger partial charge in [0, 0.05) is 13.2 Å². The predicted octanol–water partition coefficient (Wildman–Crippen LogP) is 3.44. The molecule has 2 aliphatic rings. The van der Waals surface area contributed by atoms with Crippen molar-refractivity contribution < 1.29 is 28.6 Å². The van der Waals surface area contributed by atoms with E-state index in [9.17, 15) is 14.7 Å². The topological polar surface area (TPSA) is 89.2 Å². The lowest BCUT2D eigenvalue weighted by Crippen LogP contribution is -2.37. The van der Waals surface area contributed by atoms with Crippen molar-refractivity contribution in [3.8, 4) is 5.75 Å². The number of Topliss-reactive ketones (excluding diaryl/α,β-unsaturated/α-hetero) is 1. The van der Waals surface area contributed by atoms with Crippen molar-refractivity contribution in [2.24, 2.45) is 0 Å². The predicted molar refractivity (Wildman–Crippen MR) is 104 cm³/mol. The maximum absolute atomic E-state index is 13.1. The molecule has 7 heteroatoms. The molecule has 1 saturated heterocycles. The normalized spacial score (nSPS) is 21.8. The standard InChI is InChI=1S/C22H23NO6/c1-2-27-15-7-3-6-14(12-15)19-18(20(24)17-9-5-11-29-17)21(25)22(26)23(19)13-16-8-4-10-28-16/h3,5-7,9,11-12,16,19,25H,2,4,8,10,13H2,1H3. The van der Waals surface area contributed by atoms with Crippen LogP contribution in [0, 0.1) is 0 Å². The number of ether oxygens (including phenoxy) is 2. The molecule has 1 fully saturated rings. The van der Waals surface area contributed by atoms with Crippen molar-refractivity contribution in [1.82, 2.24) is 4.90 Å². The molecule has 29 heavy (non-hydrogen) atoms. The molecule has 1 amide bonds. The molecule has 2 atom stereocenters. The lowest BCUT2D eigenvalue weighted by atomic mass is 9.94. The van der Waals surface area contributed by atoms with Crippen molar-refractivity contribution in [2.75, 3.05) is 19.8 Å². The molecular formula is C22H23NO6. The lowest BCUT2D eigenvalue weighted by Gasteiger charge is -2.29. The van der Waals surface area contributed by atoms with Crippen LogP contribution in [0.3, 0.4) is 0 Å². The van der Waals surface area contributed by atoms with Crippen LogP contribution in [0.1, 0.15) is 41.9 Å². The number of ketones is 1. The third-order valence-electron chi connectivity index (χ3n) is 5.20. The van der Waals surface area contributed by atoms with Gasteiger partial charge in [0.2, 0.25) is 5.78 Å². The number of aliphatic hydroxyl groups is 1. The number of carbonyl (C=O) groups is 2. The van der Waals surface area contributed by atoms with Gasteiger partial charge in [0.1, 0.15) is 5.75 Å². The van der Waals surface area contributed by atoms with Crippen LogP contribution in [0.5, 0.6) is 5.75 Å². The van der Waals surface area contributed by atoms with E-state index in [-0.39, 0.29) is 17.4 Å². The Morgan fingerprint density at radius 3 is 2.86 bits per heavy atom. The molecule has 1 aromatic carbocycles. The number of aliphatic hydroxyl groups excluding tert-OH is 1. The van der Waals surface area contributed by atoms with Gasteiger partial charge in [-0.1, -0.05) is 12.1 Å².